The Hall–Kier alpha value is -2.50. The number of hydrogen-bond acceptors (Lipinski definition) is 4. The van der Waals surface area contributed by atoms with Crippen molar-refractivity contribution in [1.82, 2.24) is 14.9 Å². The Labute approximate surface area is 153 Å². The van der Waals surface area contributed by atoms with Crippen molar-refractivity contribution in [1.29, 1.82) is 0 Å². The predicted molar refractivity (Wildman–Crippen MR) is 99.5 cm³/mol. The summed E-state index contributed by atoms with van der Waals surface area (Å²) in [6, 6.07) is 6.50. The van der Waals surface area contributed by atoms with Crippen LogP contribution in [0.5, 0.6) is 0 Å². The lowest BCUT2D eigenvalue weighted by molar-refractivity contribution is -0.131. The maximum Gasteiger partial charge on any atom is 0.222 e. The molecule has 1 aromatic carbocycles. The number of carbonyl (C=O) groups is 1. The molecule has 1 aromatic heterocycles. The highest BCUT2D eigenvalue weighted by molar-refractivity contribution is 5.76. The highest BCUT2D eigenvalue weighted by atomic mass is 19.1. The van der Waals surface area contributed by atoms with Gasteiger partial charge >= 0.3 is 0 Å². The normalized spacial score (nSPS) is 15.0. The van der Waals surface area contributed by atoms with E-state index in [0.29, 0.717) is 13.0 Å². The smallest absolute Gasteiger partial charge is 0.222 e. The number of benzene rings is 1. The maximum atomic E-state index is 12.9. The van der Waals surface area contributed by atoms with E-state index in [9.17, 15) is 9.18 Å². The highest BCUT2D eigenvalue weighted by Gasteiger charge is 2.19. The summed E-state index contributed by atoms with van der Waals surface area (Å²) in [5.74, 6) is 0.858. The summed E-state index contributed by atoms with van der Waals surface area (Å²) in [5, 5.41) is 0. The van der Waals surface area contributed by atoms with Gasteiger partial charge in [-0.3, -0.25) is 9.78 Å². The van der Waals surface area contributed by atoms with Crippen LogP contribution in [0.2, 0.25) is 0 Å². The van der Waals surface area contributed by atoms with Crippen LogP contribution in [-0.2, 0) is 11.2 Å². The lowest BCUT2D eigenvalue weighted by Gasteiger charge is -2.22. The molecule has 1 saturated heterocycles. The Balaban J connectivity index is 1.47. The summed E-state index contributed by atoms with van der Waals surface area (Å²) in [7, 11) is 0. The Morgan fingerprint density at radius 1 is 1.12 bits per heavy atom. The highest BCUT2D eigenvalue weighted by Crippen LogP contribution is 2.14. The third-order valence-corrected chi connectivity index (χ3v) is 4.68. The van der Waals surface area contributed by atoms with Crippen molar-refractivity contribution in [2.45, 2.75) is 32.6 Å². The van der Waals surface area contributed by atoms with Gasteiger partial charge < -0.3 is 9.80 Å². The van der Waals surface area contributed by atoms with Gasteiger partial charge in [0.1, 0.15) is 11.6 Å². The zero-order valence-corrected chi connectivity index (χ0v) is 15.2. The zero-order valence-electron chi connectivity index (χ0n) is 15.2. The van der Waals surface area contributed by atoms with E-state index in [1.54, 1.807) is 24.5 Å². The van der Waals surface area contributed by atoms with Gasteiger partial charge in [0.05, 0.1) is 11.9 Å². The van der Waals surface area contributed by atoms with Crippen LogP contribution in [0.25, 0.3) is 0 Å². The molecule has 0 atom stereocenters. The second kappa shape index (κ2) is 8.74. The first-order chi connectivity index (χ1) is 12.6. The van der Waals surface area contributed by atoms with Gasteiger partial charge in [-0.1, -0.05) is 12.1 Å². The van der Waals surface area contributed by atoms with Crippen LogP contribution in [-0.4, -0.2) is 47.0 Å². The predicted octanol–water partition coefficient (Wildman–Crippen LogP) is 2.99. The van der Waals surface area contributed by atoms with Crippen molar-refractivity contribution in [3.05, 3.63) is 53.7 Å². The standard InChI is InChI=1S/C20H25FN4O/c1-16-14-22-15-19(23-16)24-10-3-11-25(13-12-24)20(26)5-2-4-17-6-8-18(21)9-7-17/h6-9,14-15H,2-5,10-13H2,1H3. The maximum absolute atomic E-state index is 12.9. The minimum Gasteiger partial charge on any atom is -0.353 e. The first kappa shape index (κ1) is 18.3. The number of amides is 1. The summed E-state index contributed by atoms with van der Waals surface area (Å²) in [4.78, 5) is 25.4. The molecule has 2 heterocycles. The number of carbonyl (C=O) groups excluding carboxylic acids is 1. The molecule has 3 rings (SSSR count). The minimum absolute atomic E-state index is 0.198. The number of hydrogen-bond donors (Lipinski definition) is 0. The molecule has 0 spiro atoms. The fourth-order valence-electron chi connectivity index (χ4n) is 3.25. The van der Waals surface area contributed by atoms with Gasteiger partial charge in [0.15, 0.2) is 0 Å². The molecule has 1 aliphatic heterocycles. The average molecular weight is 356 g/mol. The largest absolute Gasteiger partial charge is 0.353 e. The Morgan fingerprint density at radius 2 is 1.92 bits per heavy atom. The van der Waals surface area contributed by atoms with Crippen LogP contribution < -0.4 is 4.90 Å². The molecule has 0 radical (unpaired) electrons. The summed E-state index contributed by atoms with van der Waals surface area (Å²) in [6.07, 6.45) is 6.57. The molecule has 138 valence electrons. The molecule has 0 saturated carbocycles. The van der Waals surface area contributed by atoms with Crippen LogP contribution in [0.15, 0.2) is 36.7 Å². The molecule has 0 unspecified atom stereocenters. The monoisotopic (exact) mass is 356 g/mol. The number of halogens is 1. The van der Waals surface area contributed by atoms with Crippen LogP contribution in [0.3, 0.4) is 0 Å². The minimum atomic E-state index is -0.225. The van der Waals surface area contributed by atoms with Crippen molar-refractivity contribution in [2.24, 2.45) is 0 Å². The van der Waals surface area contributed by atoms with E-state index >= 15 is 0 Å². The zero-order chi connectivity index (χ0) is 18.4. The molecule has 1 fully saturated rings. The van der Waals surface area contributed by atoms with Gasteiger partial charge in [0.25, 0.3) is 0 Å². The van der Waals surface area contributed by atoms with Crippen molar-refractivity contribution < 1.29 is 9.18 Å². The first-order valence-corrected chi connectivity index (χ1v) is 9.17. The van der Waals surface area contributed by atoms with E-state index in [1.807, 2.05) is 11.8 Å². The molecule has 0 aliphatic carbocycles. The number of aromatic nitrogens is 2. The summed E-state index contributed by atoms with van der Waals surface area (Å²) in [5.41, 5.74) is 1.97. The first-order valence-electron chi connectivity index (χ1n) is 9.17. The Kier molecular flexibility index (Phi) is 6.15. The molecule has 5 nitrogen and oxygen atoms in total. The quantitative estimate of drug-likeness (QED) is 0.826. The number of rotatable bonds is 5. The van der Waals surface area contributed by atoms with E-state index in [2.05, 4.69) is 14.9 Å². The van der Waals surface area contributed by atoms with Crippen LogP contribution in [0, 0.1) is 12.7 Å². The summed E-state index contributed by atoms with van der Waals surface area (Å²) < 4.78 is 12.9. The topological polar surface area (TPSA) is 49.3 Å². The number of anilines is 1. The van der Waals surface area contributed by atoms with Gasteiger partial charge in [-0.15, -0.1) is 0 Å². The van der Waals surface area contributed by atoms with Crippen molar-refractivity contribution in [3.8, 4) is 0 Å². The molecule has 1 aliphatic rings. The summed E-state index contributed by atoms with van der Waals surface area (Å²) >= 11 is 0. The van der Waals surface area contributed by atoms with E-state index in [-0.39, 0.29) is 11.7 Å². The van der Waals surface area contributed by atoms with Crippen molar-refractivity contribution in [3.63, 3.8) is 0 Å². The molecule has 1 amide bonds. The van der Waals surface area contributed by atoms with E-state index in [1.165, 1.54) is 12.1 Å². The van der Waals surface area contributed by atoms with E-state index < -0.39 is 0 Å². The lowest BCUT2D eigenvalue weighted by Crippen LogP contribution is -2.35. The molecule has 0 N–H and O–H groups in total. The van der Waals surface area contributed by atoms with Gasteiger partial charge in [0, 0.05) is 38.8 Å². The molecule has 26 heavy (non-hydrogen) atoms. The van der Waals surface area contributed by atoms with E-state index in [0.717, 1.165) is 56.0 Å². The molecular weight excluding hydrogens is 331 g/mol. The van der Waals surface area contributed by atoms with Crippen LogP contribution >= 0.6 is 0 Å². The molecule has 2 aromatic rings. The van der Waals surface area contributed by atoms with Crippen LogP contribution in [0.4, 0.5) is 10.2 Å². The second-order valence-electron chi connectivity index (χ2n) is 6.72. The van der Waals surface area contributed by atoms with Crippen molar-refractivity contribution in [2.75, 3.05) is 31.1 Å². The Bertz CT molecular complexity index is 735. The van der Waals surface area contributed by atoms with Gasteiger partial charge in [-0.05, 0) is 43.9 Å². The van der Waals surface area contributed by atoms with Crippen LogP contribution in [0.1, 0.15) is 30.5 Å². The molecule has 0 bridgehead atoms. The fraction of sp³-hybridized carbons (Fsp3) is 0.450. The van der Waals surface area contributed by atoms with Gasteiger partial charge in [0.2, 0.25) is 5.91 Å². The average Bonchev–Trinajstić information content (AvgIpc) is 2.89. The lowest BCUT2D eigenvalue weighted by atomic mass is 10.1. The fourth-order valence-corrected chi connectivity index (χ4v) is 3.25. The molecule has 6 heteroatoms. The summed E-state index contributed by atoms with van der Waals surface area (Å²) in [6.45, 7) is 5.10. The molecular formula is C20H25FN4O. The van der Waals surface area contributed by atoms with Gasteiger partial charge in [-0.25, -0.2) is 9.37 Å². The SMILES string of the molecule is Cc1cncc(N2CCCN(C(=O)CCCc3ccc(F)cc3)CC2)n1. The third kappa shape index (κ3) is 5.00. The van der Waals surface area contributed by atoms with Crippen molar-refractivity contribution >= 4 is 11.7 Å². The number of nitrogens with zero attached hydrogens (tertiary/aromatic N) is 4. The van der Waals surface area contributed by atoms with Gasteiger partial charge in [-0.2, -0.15) is 0 Å². The second-order valence-corrected chi connectivity index (χ2v) is 6.72. The Morgan fingerprint density at radius 3 is 2.69 bits per heavy atom. The number of aryl methyl sites for hydroxylation is 2. The third-order valence-electron chi connectivity index (χ3n) is 4.68. The van der Waals surface area contributed by atoms with E-state index in [4.69, 9.17) is 0 Å².